The summed E-state index contributed by atoms with van der Waals surface area (Å²) in [5, 5.41) is 5.88. The smallest absolute Gasteiger partial charge is 0.411 e. The molecule has 5 atom stereocenters. The predicted molar refractivity (Wildman–Crippen MR) is 156 cm³/mol. The normalized spacial score (nSPS) is 30.7. The molecule has 1 aromatic rings. The first kappa shape index (κ1) is 30.3. The number of nitrogens with one attached hydrogen (secondary N) is 3. The summed E-state index contributed by atoms with van der Waals surface area (Å²) < 4.78 is 32.6. The maximum atomic E-state index is 13.8. The summed E-state index contributed by atoms with van der Waals surface area (Å²) in [5.41, 5.74) is -0.994. The van der Waals surface area contributed by atoms with Gasteiger partial charge in [-0.3, -0.25) is 24.4 Å². The number of fused-ring (bicyclic) bond motifs is 2. The number of carbonyl (C=O) groups excluding carboxylic acids is 4. The highest BCUT2D eigenvalue weighted by Crippen LogP contribution is 2.48. The third kappa shape index (κ3) is 6.29. The number of allylic oxidation sites excluding steroid dienone is 1. The second-order valence-electron chi connectivity index (χ2n) is 12.2. The van der Waals surface area contributed by atoms with E-state index in [9.17, 15) is 27.6 Å². The van der Waals surface area contributed by atoms with Gasteiger partial charge >= 0.3 is 6.09 Å². The van der Waals surface area contributed by atoms with Crippen LogP contribution in [0.2, 0.25) is 5.02 Å². The van der Waals surface area contributed by atoms with Gasteiger partial charge in [0.1, 0.15) is 11.6 Å². The molecule has 13 heteroatoms. The van der Waals surface area contributed by atoms with Crippen LogP contribution in [0.15, 0.2) is 36.4 Å². The first-order chi connectivity index (χ1) is 19.8. The van der Waals surface area contributed by atoms with Gasteiger partial charge in [-0.2, -0.15) is 0 Å². The quantitative estimate of drug-likeness (QED) is 0.427. The Labute approximate surface area is 250 Å². The van der Waals surface area contributed by atoms with E-state index in [1.165, 1.54) is 0 Å². The standard InChI is InChI=1S/C29H37ClN4O7S/c1-28(11-12-28)42(39,40)33-26(37)29-17-18(29)8-5-3-4-6-13-34(2)25(36)23-16-21(15-22(23)24(35)32-29)41-27(38)31-20-10-7-9-19(30)14-20/h5,7-10,14,18,21-23H,3-4,6,11-13,15-17H2,1-2H3,(H,31,38)(H,32,35)(H,33,37). The number of carbonyl (C=O) groups is 4. The second kappa shape index (κ2) is 11.5. The molecule has 1 aromatic carbocycles. The highest BCUT2D eigenvalue weighted by molar-refractivity contribution is 7.91. The van der Waals surface area contributed by atoms with E-state index in [4.69, 9.17) is 16.3 Å². The number of nitrogens with zero attached hydrogens (tertiary/aromatic N) is 1. The molecule has 4 amide bonds. The highest BCUT2D eigenvalue weighted by atomic mass is 35.5. The van der Waals surface area contributed by atoms with Crippen molar-refractivity contribution in [3.8, 4) is 0 Å². The number of halogens is 1. The topological polar surface area (TPSA) is 151 Å². The average molecular weight is 621 g/mol. The van der Waals surface area contributed by atoms with Crippen molar-refractivity contribution in [1.29, 1.82) is 0 Å². The minimum absolute atomic E-state index is 0.0770. The molecule has 3 N–H and O–H groups in total. The molecule has 4 aliphatic rings. The molecule has 42 heavy (non-hydrogen) atoms. The van der Waals surface area contributed by atoms with E-state index in [1.807, 2.05) is 12.2 Å². The zero-order chi connectivity index (χ0) is 30.3. The van der Waals surface area contributed by atoms with Crippen molar-refractivity contribution in [2.45, 2.75) is 74.7 Å². The Morgan fingerprint density at radius 1 is 1.14 bits per heavy atom. The van der Waals surface area contributed by atoms with Crippen LogP contribution in [0.5, 0.6) is 0 Å². The fourth-order valence-electron chi connectivity index (χ4n) is 5.86. The molecule has 3 aliphatic carbocycles. The molecule has 1 heterocycles. The molecule has 0 aromatic heterocycles. The van der Waals surface area contributed by atoms with Crippen LogP contribution in [0.3, 0.4) is 0 Å². The maximum Gasteiger partial charge on any atom is 0.411 e. The Hall–Kier alpha value is -3.12. The third-order valence-electron chi connectivity index (χ3n) is 8.97. The van der Waals surface area contributed by atoms with Crippen molar-refractivity contribution in [2.75, 3.05) is 18.9 Å². The average Bonchev–Trinajstić information content (AvgIpc) is 3.80. The number of benzene rings is 1. The second-order valence-corrected chi connectivity index (χ2v) is 14.8. The Morgan fingerprint density at radius 2 is 1.88 bits per heavy atom. The van der Waals surface area contributed by atoms with Crippen LogP contribution in [-0.4, -0.2) is 67.1 Å². The minimum Gasteiger partial charge on any atom is -0.446 e. The minimum atomic E-state index is -3.92. The van der Waals surface area contributed by atoms with E-state index in [2.05, 4.69) is 15.4 Å². The van der Waals surface area contributed by atoms with Gasteiger partial charge in [-0.15, -0.1) is 0 Å². The maximum absolute atomic E-state index is 13.8. The van der Waals surface area contributed by atoms with Crippen molar-refractivity contribution >= 4 is 51.1 Å². The van der Waals surface area contributed by atoms with Crippen LogP contribution in [0.4, 0.5) is 10.5 Å². The van der Waals surface area contributed by atoms with E-state index >= 15 is 0 Å². The van der Waals surface area contributed by atoms with Gasteiger partial charge in [0.25, 0.3) is 5.91 Å². The van der Waals surface area contributed by atoms with Gasteiger partial charge in [0, 0.05) is 30.2 Å². The van der Waals surface area contributed by atoms with Gasteiger partial charge in [-0.1, -0.05) is 29.8 Å². The lowest BCUT2D eigenvalue weighted by Crippen LogP contribution is -2.55. The molecule has 0 saturated heterocycles. The first-order valence-corrected chi connectivity index (χ1v) is 16.2. The van der Waals surface area contributed by atoms with Crippen LogP contribution in [0, 0.1) is 17.8 Å². The van der Waals surface area contributed by atoms with Crippen LogP contribution < -0.4 is 15.4 Å². The predicted octanol–water partition coefficient (Wildman–Crippen LogP) is 3.36. The van der Waals surface area contributed by atoms with Gasteiger partial charge in [-0.25, -0.2) is 13.2 Å². The summed E-state index contributed by atoms with van der Waals surface area (Å²) in [6, 6.07) is 6.57. The van der Waals surface area contributed by atoms with Gasteiger partial charge in [0.05, 0.1) is 16.6 Å². The Bertz CT molecular complexity index is 1410. The molecule has 0 spiro atoms. The lowest BCUT2D eigenvalue weighted by Gasteiger charge is -2.27. The summed E-state index contributed by atoms with van der Waals surface area (Å²) in [7, 11) is -2.23. The molecule has 0 radical (unpaired) electrons. The summed E-state index contributed by atoms with van der Waals surface area (Å²) in [6.45, 7) is 2.11. The van der Waals surface area contributed by atoms with E-state index in [1.54, 1.807) is 43.1 Å². The third-order valence-corrected chi connectivity index (χ3v) is 11.4. The monoisotopic (exact) mass is 620 g/mol. The zero-order valence-corrected chi connectivity index (χ0v) is 25.3. The molecule has 5 rings (SSSR count). The Kier molecular flexibility index (Phi) is 8.32. The number of anilines is 1. The molecule has 11 nitrogen and oxygen atoms in total. The van der Waals surface area contributed by atoms with Crippen LogP contribution in [0.25, 0.3) is 0 Å². The van der Waals surface area contributed by atoms with E-state index < -0.39 is 56.2 Å². The molecular weight excluding hydrogens is 584 g/mol. The SMILES string of the molecule is CN1CCCCC=CC2CC2(C(=O)NS(=O)(=O)C2(C)CC2)NC(=O)C2CC(OC(=O)Nc3cccc(Cl)c3)CC2C1=O. The summed E-state index contributed by atoms with van der Waals surface area (Å²) in [5.74, 6) is -3.57. The number of rotatable bonds is 5. The number of hydrogen-bond acceptors (Lipinski definition) is 7. The molecule has 228 valence electrons. The Morgan fingerprint density at radius 3 is 2.60 bits per heavy atom. The largest absolute Gasteiger partial charge is 0.446 e. The van der Waals surface area contributed by atoms with Crippen molar-refractivity contribution in [1.82, 2.24) is 14.9 Å². The highest BCUT2D eigenvalue weighted by Gasteiger charge is 2.63. The van der Waals surface area contributed by atoms with E-state index in [0.717, 1.165) is 19.3 Å². The van der Waals surface area contributed by atoms with Crippen molar-refractivity contribution in [3.63, 3.8) is 0 Å². The molecule has 5 unspecified atom stereocenters. The number of hydrogen-bond donors (Lipinski definition) is 3. The fraction of sp³-hybridized carbons (Fsp3) is 0.586. The van der Waals surface area contributed by atoms with Crippen LogP contribution >= 0.6 is 11.6 Å². The van der Waals surface area contributed by atoms with E-state index in [-0.39, 0.29) is 31.1 Å². The Balaban J connectivity index is 1.35. The first-order valence-electron chi connectivity index (χ1n) is 14.4. The van der Waals surface area contributed by atoms with Crippen LogP contribution in [-0.2, 0) is 29.1 Å². The molecule has 0 bridgehead atoms. The van der Waals surface area contributed by atoms with E-state index in [0.29, 0.717) is 30.1 Å². The number of sulfonamides is 1. The number of ether oxygens (including phenoxy) is 1. The summed E-state index contributed by atoms with van der Waals surface area (Å²) in [4.78, 5) is 55.0. The van der Waals surface area contributed by atoms with Crippen LogP contribution in [0.1, 0.15) is 58.3 Å². The van der Waals surface area contributed by atoms with Gasteiger partial charge in [0.15, 0.2) is 0 Å². The van der Waals surface area contributed by atoms with Gasteiger partial charge < -0.3 is 15.0 Å². The lowest BCUT2D eigenvalue weighted by molar-refractivity contribution is -0.140. The summed E-state index contributed by atoms with van der Waals surface area (Å²) in [6.07, 6.45) is 6.03. The van der Waals surface area contributed by atoms with Gasteiger partial charge in [-0.05, 0) is 76.5 Å². The van der Waals surface area contributed by atoms with Crippen molar-refractivity contribution in [3.05, 3.63) is 41.4 Å². The number of amides is 4. The molecule has 3 fully saturated rings. The molecule has 3 saturated carbocycles. The molecule has 1 aliphatic heterocycles. The van der Waals surface area contributed by atoms with Crippen molar-refractivity contribution < 1.29 is 32.3 Å². The van der Waals surface area contributed by atoms with Crippen molar-refractivity contribution in [2.24, 2.45) is 17.8 Å². The van der Waals surface area contributed by atoms with Gasteiger partial charge in [0.2, 0.25) is 21.8 Å². The fourth-order valence-corrected chi connectivity index (χ4v) is 7.36. The molecular formula is C29H37ClN4O7S. The summed E-state index contributed by atoms with van der Waals surface area (Å²) >= 11 is 5.99. The lowest BCUT2D eigenvalue weighted by atomic mass is 9.93. The zero-order valence-electron chi connectivity index (χ0n) is 23.7.